The summed E-state index contributed by atoms with van der Waals surface area (Å²) in [6, 6.07) is 14.3. The Labute approximate surface area is 215 Å². The minimum atomic E-state index is -1.16. The second-order valence-electron chi connectivity index (χ2n) is 10.1. The first-order valence-electron chi connectivity index (χ1n) is 12.0. The molecule has 5 nitrogen and oxygen atoms in total. The molecule has 0 spiro atoms. The van der Waals surface area contributed by atoms with Crippen LogP contribution in [0.25, 0.3) is 5.76 Å². The van der Waals surface area contributed by atoms with E-state index in [-0.39, 0.29) is 22.4 Å². The second kappa shape index (κ2) is 9.81. The molecule has 3 aromatic rings. The zero-order valence-corrected chi connectivity index (χ0v) is 21.4. The number of aliphatic hydroxyl groups is 1. The van der Waals surface area contributed by atoms with Crippen molar-refractivity contribution < 1.29 is 28.2 Å². The minimum Gasteiger partial charge on any atom is -0.507 e. The highest BCUT2D eigenvalue weighted by Gasteiger charge is 2.47. The molecular weight excluding hydrogens is 476 g/mol. The van der Waals surface area contributed by atoms with Crippen LogP contribution in [0.4, 0.5) is 14.5 Å². The van der Waals surface area contributed by atoms with Crippen LogP contribution in [-0.4, -0.2) is 23.4 Å². The smallest absolute Gasteiger partial charge is 0.300 e. The van der Waals surface area contributed by atoms with Gasteiger partial charge in [-0.05, 0) is 66.3 Å². The molecule has 0 aliphatic carbocycles. The fourth-order valence-electron chi connectivity index (χ4n) is 4.48. The van der Waals surface area contributed by atoms with E-state index in [1.165, 1.54) is 6.07 Å². The quantitative estimate of drug-likeness (QED) is 0.241. The third-order valence-corrected chi connectivity index (χ3v) is 6.47. The molecule has 1 N–H and O–H groups in total. The van der Waals surface area contributed by atoms with Crippen LogP contribution in [0.5, 0.6) is 5.75 Å². The van der Waals surface area contributed by atoms with Crippen molar-refractivity contribution in [3.63, 3.8) is 0 Å². The van der Waals surface area contributed by atoms with Gasteiger partial charge in [-0.2, -0.15) is 0 Å². The molecule has 1 amide bonds. The maximum Gasteiger partial charge on any atom is 0.300 e. The monoisotopic (exact) mass is 505 g/mol. The number of ketones is 1. The van der Waals surface area contributed by atoms with E-state index in [0.717, 1.165) is 22.6 Å². The predicted molar refractivity (Wildman–Crippen MR) is 139 cm³/mol. The van der Waals surface area contributed by atoms with Gasteiger partial charge in [0.2, 0.25) is 0 Å². The lowest BCUT2D eigenvalue weighted by Crippen LogP contribution is -2.29. The molecular formula is C30H29F2NO4. The van der Waals surface area contributed by atoms with Crippen LogP contribution in [0.15, 0.2) is 66.2 Å². The third kappa shape index (κ3) is 4.86. The number of aryl methyl sites for hydroxylation is 1. The van der Waals surface area contributed by atoms with E-state index in [0.29, 0.717) is 29.0 Å². The zero-order chi connectivity index (χ0) is 27.1. The van der Waals surface area contributed by atoms with Gasteiger partial charge < -0.3 is 9.84 Å². The van der Waals surface area contributed by atoms with Crippen LogP contribution in [0.2, 0.25) is 0 Å². The van der Waals surface area contributed by atoms with Crippen LogP contribution in [0.1, 0.15) is 56.0 Å². The summed E-state index contributed by atoms with van der Waals surface area (Å²) in [5, 5.41) is 11.6. The van der Waals surface area contributed by atoms with E-state index in [1.54, 1.807) is 31.2 Å². The largest absolute Gasteiger partial charge is 0.507 e. The first-order chi connectivity index (χ1) is 17.4. The number of halogens is 2. The molecule has 4 rings (SSSR count). The Morgan fingerprint density at radius 1 is 1.00 bits per heavy atom. The number of carbonyl (C=O) groups excluding carboxylic acids is 2. The molecule has 1 fully saturated rings. The van der Waals surface area contributed by atoms with Crippen molar-refractivity contribution in [3.05, 3.63) is 100 Å². The summed E-state index contributed by atoms with van der Waals surface area (Å²) < 4.78 is 33.5. The number of nitrogens with zero attached hydrogens (tertiary/aromatic N) is 1. The van der Waals surface area contributed by atoms with Crippen molar-refractivity contribution in [1.29, 1.82) is 0 Å². The number of ether oxygens (including phenoxy) is 1. The second-order valence-corrected chi connectivity index (χ2v) is 10.1. The molecule has 0 bridgehead atoms. The van der Waals surface area contributed by atoms with Crippen LogP contribution in [0.3, 0.4) is 0 Å². The Bertz CT molecular complexity index is 1420. The number of aliphatic hydroxyl groups excluding tert-OH is 1. The number of benzene rings is 3. The van der Waals surface area contributed by atoms with Gasteiger partial charge in [-0.15, -0.1) is 0 Å². The Morgan fingerprint density at radius 3 is 2.38 bits per heavy atom. The zero-order valence-electron chi connectivity index (χ0n) is 21.4. The van der Waals surface area contributed by atoms with Gasteiger partial charge in [-0.1, -0.05) is 45.0 Å². The average molecular weight is 506 g/mol. The van der Waals surface area contributed by atoms with E-state index < -0.39 is 29.4 Å². The summed E-state index contributed by atoms with van der Waals surface area (Å²) in [5.74, 6) is -3.95. The van der Waals surface area contributed by atoms with E-state index in [2.05, 4.69) is 0 Å². The lowest BCUT2D eigenvalue weighted by molar-refractivity contribution is -0.132. The van der Waals surface area contributed by atoms with E-state index in [9.17, 15) is 23.5 Å². The van der Waals surface area contributed by atoms with Crippen molar-refractivity contribution in [2.45, 2.75) is 46.1 Å². The molecule has 3 aromatic carbocycles. The number of hydrogen-bond donors (Lipinski definition) is 1. The van der Waals surface area contributed by atoms with E-state index in [1.807, 2.05) is 45.9 Å². The Balaban J connectivity index is 1.99. The van der Waals surface area contributed by atoms with Gasteiger partial charge in [-0.25, -0.2) is 8.78 Å². The lowest BCUT2D eigenvalue weighted by atomic mass is 9.84. The van der Waals surface area contributed by atoms with Gasteiger partial charge in [0.25, 0.3) is 11.7 Å². The molecule has 1 aliphatic heterocycles. The Hall–Kier alpha value is -4.00. The standard InChI is InChI=1S/C30H29F2NO4/c1-6-37-21-9-7-8-18(14-21)26-25(27(34)22-15-19(30(3,4)5)11-10-17(22)2)28(35)29(36)33(26)20-12-13-23(31)24(32)16-20/h7-16,26,34H,6H2,1-5H3/b27-25+. The highest BCUT2D eigenvalue weighted by molar-refractivity contribution is 6.51. The number of rotatable bonds is 5. The van der Waals surface area contributed by atoms with Crippen molar-refractivity contribution in [3.8, 4) is 5.75 Å². The molecule has 1 unspecified atom stereocenters. The summed E-state index contributed by atoms with van der Waals surface area (Å²) in [4.78, 5) is 27.9. The van der Waals surface area contributed by atoms with Gasteiger partial charge >= 0.3 is 0 Å². The van der Waals surface area contributed by atoms with Gasteiger partial charge in [-0.3, -0.25) is 14.5 Å². The van der Waals surface area contributed by atoms with Crippen molar-refractivity contribution in [2.75, 3.05) is 11.5 Å². The topological polar surface area (TPSA) is 66.8 Å². The van der Waals surface area contributed by atoms with Crippen LogP contribution < -0.4 is 9.64 Å². The van der Waals surface area contributed by atoms with Gasteiger partial charge in [0.1, 0.15) is 11.5 Å². The van der Waals surface area contributed by atoms with Crippen molar-refractivity contribution >= 4 is 23.1 Å². The maximum atomic E-state index is 14.2. The fraction of sp³-hybridized carbons (Fsp3) is 0.267. The first-order valence-corrected chi connectivity index (χ1v) is 12.0. The molecule has 192 valence electrons. The molecule has 1 aliphatic rings. The predicted octanol–water partition coefficient (Wildman–Crippen LogP) is 6.60. The minimum absolute atomic E-state index is 0.00738. The molecule has 0 saturated carbocycles. The SMILES string of the molecule is CCOc1cccc(C2/C(=C(\O)c3cc(C(C)(C)C)ccc3C)C(=O)C(=O)N2c2ccc(F)c(F)c2)c1. The molecule has 1 saturated heterocycles. The number of Topliss-reactive ketones (excluding diaryl/α,β-unsaturated/α-hetero) is 1. The van der Waals surface area contributed by atoms with Crippen molar-refractivity contribution in [1.82, 2.24) is 0 Å². The molecule has 37 heavy (non-hydrogen) atoms. The third-order valence-electron chi connectivity index (χ3n) is 6.47. The number of hydrogen-bond acceptors (Lipinski definition) is 4. The number of anilines is 1. The normalized spacial score (nSPS) is 17.4. The van der Waals surface area contributed by atoms with E-state index in [4.69, 9.17) is 4.74 Å². The summed E-state index contributed by atoms with van der Waals surface area (Å²) in [6.07, 6.45) is 0. The average Bonchev–Trinajstić information content (AvgIpc) is 3.11. The van der Waals surface area contributed by atoms with Crippen LogP contribution >= 0.6 is 0 Å². The lowest BCUT2D eigenvalue weighted by Gasteiger charge is -2.26. The molecule has 0 aromatic heterocycles. The van der Waals surface area contributed by atoms with E-state index >= 15 is 0 Å². The van der Waals surface area contributed by atoms with Gasteiger partial charge in [0.15, 0.2) is 11.6 Å². The number of carbonyl (C=O) groups is 2. The molecule has 7 heteroatoms. The first kappa shape index (κ1) is 26.1. The molecule has 1 atom stereocenters. The van der Waals surface area contributed by atoms with Gasteiger partial charge in [0.05, 0.1) is 18.2 Å². The maximum absolute atomic E-state index is 14.2. The summed E-state index contributed by atoms with van der Waals surface area (Å²) in [5.41, 5.74) is 2.16. The fourth-order valence-corrected chi connectivity index (χ4v) is 4.48. The Kier molecular flexibility index (Phi) is 6.91. The van der Waals surface area contributed by atoms with Crippen LogP contribution in [0, 0.1) is 18.6 Å². The molecule has 1 heterocycles. The highest BCUT2D eigenvalue weighted by atomic mass is 19.2. The Morgan fingerprint density at radius 2 is 1.73 bits per heavy atom. The van der Waals surface area contributed by atoms with Crippen molar-refractivity contribution in [2.24, 2.45) is 0 Å². The highest BCUT2D eigenvalue weighted by Crippen LogP contribution is 2.43. The van der Waals surface area contributed by atoms with Gasteiger partial charge in [0, 0.05) is 17.3 Å². The summed E-state index contributed by atoms with van der Waals surface area (Å²) in [7, 11) is 0. The summed E-state index contributed by atoms with van der Waals surface area (Å²) >= 11 is 0. The summed E-state index contributed by atoms with van der Waals surface area (Å²) in [6.45, 7) is 10.1. The number of amides is 1. The van der Waals surface area contributed by atoms with Crippen LogP contribution in [-0.2, 0) is 15.0 Å². The molecule has 0 radical (unpaired) electrons.